The summed E-state index contributed by atoms with van der Waals surface area (Å²) in [5.74, 6) is 0.523. The second-order valence-corrected chi connectivity index (χ2v) is 5.40. The summed E-state index contributed by atoms with van der Waals surface area (Å²) in [7, 11) is 0. The molecule has 4 nitrogen and oxygen atoms in total. The lowest BCUT2D eigenvalue weighted by Crippen LogP contribution is -2.43. The van der Waals surface area contributed by atoms with E-state index in [9.17, 15) is 9.59 Å². The van der Waals surface area contributed by atoms with Crippen LogP contribution in [-0.2, 0) is 9.59 Å². The number of piperidine rings is 1. The Labute approximate surface area is 116 Å². The van der Waals surface area contributed by atoms with Crippen molar-refractivity contribution in [2.75, 3.05) is 19.6 Å². The van der Waals surface area contributed by atoms with Crippen LogP contribution in [0.3, 0.4) is 0 Å². The predicted molar refractivity (Wildman–Crippen MR) is 76.7 cm³/mol. The molecule has 0 atom stereocenters. The van der Waals surface area contributed by atoms with Gasteiger partial charge in [-0.15, -0.1) is 0 Å². The van der Waals surface area contributed by atoms with Crippen LogP contribution in [-0.4, -0.2) is 36.3 Å². The molecular weight excluding hydrogens is 240 g/mol. The molecular formula is C15H28N2O2. The molecule has 0 aromatic heterocycles. The number of amides is 2. The number of hydrogen-bond acceptors (Lipinski definition) is 2. The van der Waals surface area contributed by atoms with E-state index in [1.54, 1.807) is 0 Å². The molecule has 0 saturated carbocycles. The minimum Gasteiger partial charge on any atom is -0.356 e. The first-order valence-corrected chi connectivity index (χ1v) is 7.74. The lowest BCUT2D eigenvalue weighted by molar-refractivity contribution is -0.135. The Morgan fingerprint density at radius 2 is 1.79 bits per heavy atom. The van der Waals surface area contributed by atoms with E-state index in [0.29, 0.717) is 6.42 Å². The Morgan fingerprint density at radius 1 is 1.11 bits per heavy atom. The van der Waals surface area contributed by atoms with Crippen LogP contribution in [0.15, 0.2) is 0 Å². The molecule has 1 heterocycles. The Bertz CT molecular complexity index is 284. The lowest BCUT2D eigenvalue weighted by Gasteiger charge is -2.31. The van der Waals surface area contributed by atoms with E-state index in [-0.39, 0.29) is 17.7 Å². The van der Waals surface area contributed by atoms with E-state index >= 15 is 0 Å². The van der Waals surface area contributed by atoms with E-state index < -0.39 is 0 Å². The van der Waals surface area contributed by atoms with Crippen molar-refractivity contribution >= 4 is 11.8 Å². The molecule has 1 fully saturated rings. The van der Waals surface area contributed by atoms with Gasteiger partial charge in [-0.05, 0) is 25.7 Å². The van der Waals surface area contributed by atoms with Gasteiger partial charge in [-0.1, -0.05) is 26.7 Å². The summed E-state index contributed by atoms with van der Waals surface area (Å²) in [6, 6.07) is 0. The van der Waals surface area contributed by atoms with Crippen LogP contribution in [0.5, 0.6) is 0 Å². The quantitative estimate of drug-likeness (QED) is 0.720. The van der Waals surface area contributed by atoms with Crippen molar-refractivity contribution in [1.82, 2.24) is 10.2 Å². The predicted octanol–water partition coefficient (Wildman–Crippen LogP) is 2.33. The van der Waals surface area contributed by atoms with Crippen LogP contribution in [0.4, 0.5) is 0 Å². The van der Waals surface area contributed by atoms with Gasteiger partial charge in [-0.2, -0.15) is 0 Å². The molecule has 0 spiro atoms. The van der Waals surface area contributed by atoms with E-state index in [1.165, 1.54) is 12.8 Å². The molecule has 4 heteroatoms. The minimum absolute atomic E-state index is 0.104. The largest absolute Gasteiger partial charge is 0.356 e. The summed E-state index contributed by atoms with van der Waals surface area (Å²) in [6.07, 6.45) is 6.57. The van der Waals surface area contributed by atoms with Crippen molar-refractivity contribution in [3.8, 4) is 0 Å². The monoisotopic (exact) mass is 268 g/mol. The van der Waals surface area contributed by atoms with E-state index in [1.807, 2.05) is 11.8 Å². The zero-order chi connectivity index (χ0) is 14.1. The standard InChI is InChI=1S/C15H28N2O2/c1-3-5-6-10-16-15(19)13-8-11-17(12-9-13)14(18)7-4-2/h13H,3-12H2,1-2H3,(H,16,19). The van der Waals surface area contributed by atoms with Gasteiger partial charge in [0, 0.05) is 32.0 Å². The second-order valence-electron chi connectivity index (χ2n) is 5.40. The number of hydrogen-bond donors (Lipinski definition) is 1. The molecule has 0 bridgehead atoms. The molecule has 0 aromatic carbocycles. The summed E-state index contributed by atoms with van der Waals surface area (Å²) in [6.45, 7) is 6.46. The molecule has 110 valence electrons. The highest BCUT2D eigenvalue weighted by molar-refractivity contribution is 5.80. The molecule has 0 aliphatic carbocycles. The smallest absolute Gasteiger partial charge is 0.223 e. The van der Waals surface area contributed by atoms with Gasteiger partial charge in [0.15, 0.2) is 0 Å². The molecule has 1 aliphatic heterocycles. The Morgan fingerprint density at radius 3 is 2.37 bits per heavy atom. The molecule has 1 aliphatic rings. The number of unbranched alkanes of at least 4 members (excludes halogenated alkanes) is 2. The molecule has 1 N–H and O–H groups in total. The first kappa shape index (κ1) is 16.0. The maximum absolute atomic E-state index is 11.9. The Hall–Kier alpha value is -1.06. The Balaban J connectivity index is 2.21. The SMILES string of the molecule is CCCCCNC(=O)C1CCN(C(=O)CCC)CC1. The lowest BCUT2D eigenvalue weighted by atomic mass is 9.95. The van der Waals surface area contributed by atoms with Crippen LogP contribution in [0, 0.1) is 5.92 Å². The molecule has 1 saturated heterocycles. The van der Waals surface area contributed by atoms with Crippen molar-refractivity contribution in [1.29, 1.82) is 0 Å². The van der Waals surface area contributed by atoms with Gasteiger partial charge in [0.1, 0.15) is 0 Å². The summed E-state index contributed by atoms with van der Waals surface area (Å²) < 4.78 is 0. The average molecular weight is 268 g/mol. The van der Waals surface area contributed by atoms with Crippen molar-refractivity contribution in [3.63, 3.8) is 0 Å². The van der Waals surface area contributed by atoms with Gasteiger partial charge >= 0.3 is 0 Å². The second kappa shape index (κ2) is 8.94. The fraction of sp³-hybridized carbons (Fsp3) is 0.867. The van der Waals surface area contributed by atoms with Crippen LogP contribution in [0.1, 0.15) is 58.8 Å². The molecule has 1 rings (SSSR count). The van der Waals surface area contributed by atoms with Crippen LogP contribution in [0.25, 0.3) is 0 Å². The fourth-order valence-corrected chi connectivity index (χ4v) is 2.49. The maximum atomic E-state index is 11.9. The molecule has 0 radical (unpaired) electrons. The van der Waals surface area contributed by atoms with Gasteiger partial charge < -0.3 is 10.2 Å². The highest BCUT2D eigenvalue weighted by Gasteiger charge is 2.26. The van der Waals surface area contributed by atoms with E-state index in [2.05, 4.69) is 12.2 Å². The highest BCUT2D eigenvalue weighted by atomic mass is 16.2. The van der Waals surface area contributed by atoms with Crippen molar-refractivity contribution in [2.45, 2.75) is 58.8 Å². The summed E-state index contributed by atoms with van der Waals surface area (Å²) in [5, 5.41) is 3.01. The average Bonchev–Trinajstić information content (AvgIpc) is 2.44. The van der Waals surface area contributed by atoms with Gasteiger partial charge in [-0.3, -0.25) is 9.59 Å². The molecule has 0 aromatic rings. The number of carbonyl (C=O) groups excluding carboxylic acids is 2. The number of carbonyl (C=O) groups is 2. The highest BCUT2D eigenvalue weighted by Crippen LogP contribution is 2.18. The van der Waals surface area contributed by atoms with Gasteiger partial charge in [0.25, 0.3) is 0 Å². The summed E-state index contributed by atoms with van der Waals surface area (Å²) in [5.41, 5.74) is 0. The van der Waals surface area contributed by atoms with Crippen LogP contribution in [0.2, 0.25) is 0 Å². The fourth-order valence-electron chi connectivity index (χ4n) is 2.49. The number of nitrogens with one attached hydrogen (secondary N) is 1. The van der Waals surface area contributed by atoms with Crippen LogP contribution < -0.4 is 5.32 Å². The third-order valence-corrected chi connectivity index (χ3v) is 3.76. The third kappa shape index (κ3) is 5.62. The summed E-state index contributed by atoms with van der Waals surface area (Å²) >= 11 is 0. The normalized spacial score (nSPS) is 16.4. The zero-order valence-corrected chi connectivity index (χ0v) is 12.4. The zero-order valence-electron chi connectivity index (χ0n) is 12.4. The van der Waals surface area contributed by atoms with Gasteiger partial charge in [-0.25, -0.2) is 0 Å². The molecule has 2 amide bonds. The molecule has 19 heavy (non-hydrogen) atoms. The first-order chi connectivity index (χ1) is 9.19. The van der Waals surface area contributed by atoms with E-state index in [4.69, 9.17) is 0 Å². The Kier molecular flexibility index (Phi) is 7.53. The van der Waals surface area contributed by atoms with Crippen molar-refractivity contribution < 1.29 is 9.59 Å². The topological polar surface area (TPSA) is 49.4 Å². The molecule has 0 unspecified atom stereocenters. The van der Waals surface area contributed by atoms with Crippen molar-refractivity contribution in [2.24, 2.45) is 5.92 Å². The number of nitrogens with zero attached hydrogens (tertiary/aromatic N) is 1. The first-order valence-electron chi connectivity index (χ1n) is 7.74. The third-order valence-electron chi connectivity index (χ3n) is 3.76. The van der Waals surface area contributed by atoms with Gasteiger partial charge in [0.2, 0.25) is 11.8 Å². The maximum Gasteiger partial charge on any atom is 0.223 e. The summed E-state index contributed by atoms with van der Waals surface area (Å²) in [4.78, 5) is 25.6. The van der Waals surface area contributed by atoms with Crippen LogP contribution >= 0.6 is 0 Å². The van der Waals surface area contributed by atoms with E-state index in [0.717, 1.165) is 45.3 Å². The van der Waals surface area contributed by atoms with Crippen molar-refractivity contribution in [3.05, 3.63) is 0 Å². The number of likely N-dealkylation sites (tertiary alicyclic amines) is 1. The van der Waals surface area contributed by atoms with Gasteiger partial charge in [0.05, 0.1) is 0 Å². The minimum atomic E-state index is 0.104. The number of rotatable bonds is 7.